The Morgan fingerprint density at radius 3 is 2.45 bits per heavy atom. The first kappa shape index (κ1) is 22.1. The summed E-state index contributed by atoms with van der Waals surface area (Å²) in [5.74, 6) is 1.15. The predicted octanol–water partition coefficient (Wildman–Crippen LogP) is 4.97. The minimum absolute atomic E-state index is 0.160. The second kappa shape index (κ2) is 11.0. The van der Waals surface area contributed by atoms with Crippen LogP contribution in [-0.2, 0) is 17.8 Å². The lowest BCUT2D eigenvalue weighted by atomic mass is 10.0. The molecule has 5 nitrogen and oxygen atoms in total. The van der Waals surface area contributed by atoms with Crippen LogP contribution in [0.1, 0.15) is 34.7 Å². The summed E-state index contributed by atoms with van der Waals surface area (Å²) in [5.41, 5.74) is 7.83. The molecule has 0 saturated carbocycles. The molecule has 3 aromatic rings. The highest BCUT2D eigenvalue weighted by atomic mass is 16.5. The van der Waals surface area contributed by atoms with E-state index >= 15 is 0 Å². The molecule has 0 saturated heterocycles. The highest BCUT2D eigenvalue weighted by molar-refractivity contribution is 5.84. The third-order valence-corrected chi connectivity index (χ3v) is 4.84. The van der Waals surface area contributed by atoms with Gasteiger partial charge >= 0.3 is 0 Å². The van der Waals surface area contributed by atoms with E-state index in [4.69, 9.17) is 9.47 Å². The molecule has 0 unspecified atom stereocenters. The second-order valence-electron chi connectivity index (χ2n) is 7.30. The number of rotatable bonds is 9. The molecule has 0 aliphatic rings. The number of benzene rings is 3. The van der Waals surface area contributed by atoms with Gasteiger partial charge in [0.15, 0.2) is 11.5 Å². The van der Waals surface area contributed by atoms with E-state index in [1.165, 1.54) is 11.1 Å². The zero-order valence-electron chi connectivity index (χ0n) is 18.2. The summed E-state index contributed by atoms with van der Waals surface area (Å²) >= 11 is 0. The van der Waals surface area contributed by atoms with Crippen LogP contribution in [0.25, 0.3) is 0 Å². The Kier molecular flexibility index (Phi) is 7.82. The number of aryl methyl sites for hydroxylation is 2. The summed E-state index contributed by atoms with van der Waals surface area (Å²) < 4.78 is 11.6. The zero-order valence-corrected chi connectivity index (χ0v) is 18.2. The molecule has 0 atom stereocenters. The van der Waals surface area contributed by atoms with Crippen molar-refractivity contribution in [2.75, 3.05) is 6.61 Å². The van der Waals surface area contributed by atoms with E-state index in [9.17, 15) is 4.79 Å². The number of carbonyl (C=O) groups is 1. The van der Waals surface area contributed by atoms with Gasteiger partial charge in [0.1, 0.15) is 6.61 Å². The van der Waals surface area contributed by atoms with Crippen molar-refractivity contribution in [3.63, 3.8) is 0 Å². The highest BCUT2D eigenvalue weighted by Crippen LogP contribution is 2.28. The lowest BCUT2D eigenvalue weighted by Crippen LogP contribution is -2.19. The molecule has 0 aliphatic heterocycles. The molecule has 3 aromatic carbocycles. The summed E-state index contributed by atoms with van der Waals surface area (Å²) in [5, 5.41) is 4.08. The van der Waals surface area contributed by atoms with Gasteiger partial charge in [-0.1, -0.05) is 48.5 Å². The molecule has 0 bridgehead atoms. The Morgan fingerprint density at radius 2 is 1.71 bits per heavy atom. The summed E-state index contributed by atoms with van der Waals surface area (Å²) in [6.07, 6.45) is 1.89. The van der Waals surface area contributed by atoms with E-state index in [2.05, 4.69) is 17.5 Å². The lowest BCUT2D eigenvalue weighted by Gasteiger charge is -2.12. The normalized spacial score (nSPS) is 10.8. The van der Waals surface area contributed by atoms with Gasteiger partial charge in [0.25, 0.3) is 0 Å². The molecular weight excluding hydrogens is 388 g/mol. The molecule has 31 heavy (non-hydrogen) atoms. The highest BCUT2D eigenvalue weighted by Gasteiger charge is 2.07. The van der Waals surface area contributed by atoms with Crippen LogP contribution in [0, 0.1) is 13.8 Å². The van der Waals surface area contributed by atoms with Crippen LogP contribution >= 0.6 is 0 Å². The Balaban J connectivity index is 1.59. The van der Waals surface area contributed by atoms with Gasteiger partial charge in [0.2, 0.25) is 5.91 Å². The molecule has 0 aromatic heterocycles. The molecule has 1 N–H and O–H groups in total. The van der Waals surface area contributed by atoms with Crippen molar-refractivity contribution in [1.29, 1.82) is 0 Å². The van der Waals surface area contributed by atoms with Gasteiger partial charge < -0.3 is 9.47 Å². The molecule has 5 heteroatoms. The Bertz CT molecular complexity index is 1050. The lowest BCUT2D eigenvalue weighted by molar-refractivity contribution is -0.120. The largest absolute Gasteiger partial charge is 0.490 e. The van der Waals surface area contributed by atoms with Crippen molar-refractivity contribution in [1.82, 2.24) is 5.43 Å². The summed E-state index contributed by atoms with van der Waals surface area (Å²) in [4.78, 5) is 12.2. The first-order chi connectivity index (χ1) is 15.0. The Morgan fingerprint density at radius 1 is 0.903 bits per heavy atom. The third-order valence-electron chi connectivity index (χ3n) is 4.84. The number of carbonyl (C=O) groups excluding carboxylic acids is 1. The molecule has 160 valence electrons. The number of nitrogens with zero attached hydrogens (tertiary/aromatic N) is 1. The van der Waals surface area contributed by atoms with Crippen LogP contribution < -0.4 is 14.9 Å². The molecule has 0 aliphatic carbocycles. The van der Waals surface area contributed by atoms with Crippen LogP contribution in [0.3, 0.4) is 0 Å². The second-order valence-corrected chi connectivity index (χ2v) is 7.30. The van der Waals surface area contributed by atoms with Gasteiger partial charge in [-0.25, -0.2) is 5.43 Å². The Hall–Kier alpha value is -3.60. The predicted molar refractivity (Wildman–Crippen MR) is 124 cm³/mol. The van der Waals surface area contributed by atoms with E-state index in [0.717, 1.165) is 16.7 Å². The number of hydrogen-bond donors (Lipinski definition) is 1. The maximum absolute atomic E-state index is 12.2. The van der Waals surface area contributed by atoms with Gasteiger partial charge in [-0.15, -0.1) is 0 Å². The van der Waals surface area contributed by atoms with Crippen molar-refractivity contribution in [3.8, 4) is 11.5 Å². The van der Waals surface area contributed by atoms with Gasteiger partial charge in [0, 0.05) is 0 Å². The van der Waals surface area contributed by atoms with Crippen LogP contribution in [0.2, 0.25) is 0 Å². The molecule has 0 radical (unpaired) electrons. The molecular formula is C26H28N2O3. The maximum atomic E-state index is 12.2. The topological polar surface area (TPSA) is 59.9 Å². The standard InChI is InChI=1S/C26H28N2O3/c1-4-30-25-15-23(12-13-24(25)31-18-21-8-6-5-7-9-21)17-27-28-26(29)16-22-11-10-19(2)20(3)14-22/h5-15,17H,4,16,18H2,1-3H3,(H,28,29)/b27-17-. The molecule has 0 heterocycles. The van der Waals surface area contributed by atoms with Gasteiger partial charge in [-0.05, 0) is 66.8 Å². The van der Waals surface area contributed by atoms with E-state index in [-0.39, 0.29) is 12.3 Å². The third kappa shape index (κ3) is 6.71. The molecule has 1 amide bonds. The average molecular weight is 417 g/mol. The fourth-order valence-corrected chi connectivity index (χ4v) is 3.05. The molecule has 0 spiro atoms. The van der Waals surface area contributed by atoms with Crippen molar-refractivity contribution in [3.05, 3.63) is 94.5 Å². The van der Waals surface area contributed by atoms with Crippen LogP contribution in [0.4, 0.5) is 0 Å². The van der Waals surface area contributed by atoms with E-state index in [1.54, 1.807) is 6.21 Å². The van der Waals surface area contributed by atoms with E-state index in [1.807, 2.05) is 80.6 Å². The minimum Gasteiger partial charge on any atom is -0.490 e. The van der Waals surface area contributed by atoms with Gasteiger partial charge in [0.05, 0.1) is 19.2 Å². The van der Waals surface area contributed by atoms with E-state index < -0.39 is 0 Å². The number of hydrogen-bond acceptors (Lipinski definition) is 4. The Labute approximate surface area is 183 Å². The van der Waals surface area contributed by atoms with Crippen molar-refractivity contribution in [2.45, 2.75) is 33.8 Å². The summed E-state index contributed by atoms with van der Waals surface area (Å²) in [7, 11) is 0. The fraction of sp³-hybridized carbons (Fsp3) is 0.231. The zero-order chi connectivity index (χ0) is 22.1. The first-order valence-electron chi connectivity index (χ1n) is 10.4. The van der Waals surface area contributed by atoms with Crippen molar-refractivity contribution < 1.29 is 14.3 Å². The van der Waals surface area contributed by atoms with Crippen molar-refractivity contribution in [2.24, 2.45) is 5.10 Å². The quantitative estimate of drug-likeness (QED) is 0.396. The molecule has 3 rings (SSSR count). The number of ether oxygens (including phenoxy) is 2. The van der Waals surface area contributed by atoms with Crippen LogP contribution in [-0.4, -0.2) is 18.7 Å². The number of nitrogens with one attached hydrogen (secondary N) is 1. The SMILES string of the molecule is CCOc1cc(/C=N\NC(=O)Cc2ccc(C)c(C)c2)ccc1OCc1ccccc1. The first-order valence-corrected chi connectivity index (χ1v) is 10.4. The van der Waals surface area contributed by atoms with Crippen molar-refractivity contribution >= 4 is 12.1 Å². The van der Waals surface area contributed by atoms with Crippen LogP contribution in [0.15, 0.2) is 71.8 Å². The van der Waals surface area contributed by atoms with Gasteiger partial charge in [-0.2, -0.15) is 5.10 Å². The van der Waals surface area contributed by atoms with E-state index in [0.29, 0.717) is 24.7 Å². The maximum Gasteiger partial charge on any atom is 0.244 e. The van der Waals surface area contributed by atoms with Crippen LogP contribution in [0.5, 0.6) is 11.5 Å². The number of amides is 1. The summed E-state index contributed by atoms with van der Waals surface area (Å²) in [6, 6.07) is 21.6. The smallest absolute Gasteiger partial charge is 0.244 e. The fourth-order valence-electron chi connectivity index (χ4n) is 3.05. The molecule has 0 fully saturated rings. The summed E-state index contributed by atoms with van der Waals surface area (Å²) in [6.45, 7) is 7.00. The monoisotopic (exact) mass is 416 g/mol. The number of hydrazone groups is 1. The minimum atomic E-state index is -0.160. The van der Waals surface area contributed by atoms with Gasteiger partial charge in [-0.3, -0.25) is 4.79 Å². The average Bonchev–Trinajstić information content (AvgIpc) is 2.77.